The summed E-state index contributed by atoms with van der Waals surface area (Å²) in [6.45, 7) is 8.89. The minimum atomic E-state index is -4.56. The first-order valence-electron chi connectivity index (χ1n) is 9.31. The predicted molar refractivity (Wildman–Crippen MR) is 115 cm³/mol. The third-order valence-electron chi connectivity index (χ3n) is 4.50. The van der Waals surface area contributed by atoms with Crippen molar-refractivity contribution in [1.82, 2.24) is 4.72 Å². The summed E-state index contributed by atoms with van der Waals surface area (Å²) in [5.41, 5.74) is 1.95. The fourth-order valence-electron chi connectivity index (χ4n) is 2.95. The molecule has 0 saturated heterocycles. The Morgan fingerprint density at radius 1 is 1.00 bits per heavy atom. The van der Waals surface area contributed by atoms with Crippen LogP contribution in [0.2, 0.25) is 5.02 Å². The molecular formula is C21H24ClFN2O4S. The molecule has 2 amide bonds. The van der Waals surface area contributed by atoms with Gasteiger partial charge in [0.1, 0.15) is 10.7 Å². The summed E-state index contributed by atoms with van der Waals surface area (Å²) in [4.78, 5) is 23.3. The molecule has 2 aromatic rings. The van der Waals surface area contributed by atoms with Crippen molar-refractivity contribution in [3.8, 4) is 0 Å². The van der Waals surface area contributed by atoms with Gasteiger partial charge in [-0.15, -0.1) is 0 Å². The molecule has 0 aliphatic carbocycles. The molecule has 0 spiro atoms. The van der Waals surface area contributed by atoms with Crippen LogP contribution in [0.25, 0.3) is 0 Å². The van der Waals surface area contributed by atoms with Crippen molar-refractivity contribution in [3.05, 3.63) is 57.9 Å². The molecule has 0 aromatic heterocycles. The normalized spacial score (nSPS) is 11.6. The van der Waals surface area contributed by atoms with E-state index in [1.165, 1.54) is 13.0 Å². The van der Waals surface area contributed by atoms with Gasteiger partial charge in [0.05, 0.1) is 0 Å². The Morgan fingerprint density at radius 2 is 1.53 bits per heavy atom. The zero-order valence-corrected chi connectivity index (χ0v) is 18.9. The maximum atomic E-state index is 14.1. The minimum absolute atomic E-state index is 0.00204. The minimum Gasteiger partial charge on any atom is -0.307 e. The first-order chi connectivity index (χ1) is 13.8. The van der Waals surface area contributed by atoms with Gasteiger partial charge in [-0.2, -0.15) is 0 Å². The van der Waals surface area contributed by atoms with Gasteiger partial charge < -0.3 is 5.32 Å². The van der Waals surface area contributed by atoms with Crippen LogP contribution in [-0.4, -0.2) is 20.2 Å². The Bertz CT molecular complexity index is 1070. The topological polar surface area (TPSA) is 92.3 Å². The van der Waals surface area contributed by atoms with Crippen LogP contribution in [0, 0.1) is 5.82 Å². The predicted octanol–water partition coefficient (Wildman–Crippen LogP) is 5.44. The highest BCUT2D eigenvalue weighted by Crippen LogP contribution is 2.35. The molecule has 0 bridgehead atoms. The Morgan fingerprint density at radius 3 is 2.00 bits per heavy atom. The van der Waals surface area contributed by atoms with Crippen LogP contribution in [0.3, 0.4) is 0 Å². The van der Waals surface area contributed by atoms with E-state index in [0.717, 1.165) is 23.3 Å². The lowest BCUT2D eigenvalue weighted by atomic mass is 9.92. The van der Waals surface area contributed by atoms with Crippen LogP contribution in [0.4, 0.5) is 14.9 Å². The lowest BCUT2D eigenvalue weighted by Gasteiger charge is -2.21. The number of hydrogen-bond acceptors (Lipinski definition) is 4. The Hall–Kier alpha value is -2.45. The average Bonchev–Trinajstić information content (AvgIpc) is 2.61. The van der Waals surface area contributed by atoms with Gasteiger partial charge in [-0.05, 0) is 60.2 Å². The molecular weight excluding hydrogens is 431 g/mol. The zero-order valence-electron chi connectivity index (χ0n) is 17.3. The number of carbonyl (C=O) groups is 2. The van der Waals surface area contributed by atoms with E-state index < -0.39 is 32.6 Å². The molecule has 0 radical (unpaired) electrons. The van der Waals surface area contributed by atoms with Gasteiger partial charge in [0, 0.05) is 16.3 Å². The van der Waals surface area contributed by atoms with E-state index in [1.807, 2.05) is 32.4 Å². The van der Waals surface area contributed by atoms with Crippen molar-refractivity contribution in [2.45, 2.75) is 51.3 Å². The van der Waals surface area contributed by atoms with E-state index >= 15 is 0 Å². The maximum absolute atomic E-state index is 14.1. The third-order valence-corrected chi connectivity index (χ3v) is 6.07. The SMILES string of the molecule is CC(=O)c1ccc(F)c(S(=O)(=O)NC(=O)Nc2c(C(C)C)cc(Cl)cc2C(C)C)c1. The summed E-state index contributed by atoms with van der Waals surface area (Å²) in [5, 5.41) is 3.08. The molecule has 2 rings (SSSR count). The Kier molecular flexibility index (Phi) is 7.26. The number of carbonyl (C=O) groups excluding carboxylic acids is 2. The first-order valence-corrected chi connectivity index (χ1v) is 11.2. The number of urea groups is 1. The Labute approximate surface area is 180 Å². The molecule has 6 nitrogen and oxygen atoms in total. The lowest BCUT2D eigenvalue weighted by molar-refractivity contribution is 0.101. The molecule has 2 aromatic carbocycles. The number of ketones is 1. The van der Waals surface area contributed by atoms with Gasteiger partial charge in [0.15, 0.2) is 5.78 Å². The van der Waals surface area contributed by atoms with E-state index in [9.17, 15) is 22.4 Å². The van der Waals surface area contributed by atoms with E-state index in [2.05, 4.69) is 5.32 Å². The molecule has 0 saturated carbocycles. The number of amides is 2. The molecule has 162 valence electrons. The third kappa shape index (κ3) is 5.37. The molecule has 0 aliphatic rings. The second-order valence-corrected chi connectivity index (χ2v) is 9.62. The van der Waals surface area contributed by atoms with Crippen molar-refractivity contribution < 1.29 is 22.4 Å². The second kappa shape index (κ2) is 9.14. The number of hydrogen-bond donors (Lipinski definition) is 2. The molecule has 0 heterocycles. The number of sulfonamides is 1. The van der Waals surface area contributed by atoms with Crippen LogP contribution in [0.1, 0.15) is 67.9 Å². The van der Waals surface area contributed by atoms with Gasteiger partial charge in [-0.1, -0.05) is 39.3 Å². The van der Waals surface area contributed by atoms with Crippen LogP contribution in [-0.2, 0) is 10.0 Å². The van der Waals surface area contributed by atoms with Crippen molar-refractivity contribution in [3.63, 3.8) is 0 Å². The number of benzene rings is 2. The fraction of sp³-hybridized carbons (Fsp3) is 0.333. The highest BCUT2D eigenvalue weighted by Gasteiger charge is 2.25. The number of Topliss-reactive ketones (excluding diaryl/α,β-unsaturated/α-hetero) is 1. The number of anilines is 1. The number of halogens is 2. The monoisotopic (exact) mass is 454 g/mol. The maximum Gasteiger partial charge on any atom is 0.333 e. The van der Waals surface area contributed by atoms with Gasteiger partial charge in [-0.25, -0.2) is 22.3 Å². The number of rotatable bonds is 6. The van der Waals surface area contributed by atoms with E-state index in [0.29, 0.717) is 10.7 Å². The first kappa shape index (κ1) is 23.8. The fourth-order valence-corrected chi connectivity index (χ4v) is 4.20. The lowest BCUT2D eigenvalue weighted by Crippen LogP contribution is -2.35. The summed E-state index contributed by atoms with van der Waals surface area (Å²) in [6.07, 6.45) is 0. The molecule has 2 N–H and O–H groups in total. The molecule has 9 heteroatoms. The largest absolute Gasteiger partial charge is 0.333 e. The van der Waals surface area contributed by atoms with Crippen LogP contribution in [0.15, 0.2) is 35.2 Å². The van der Waals surface area contributed by atoms with E-state index in [4.69, 9.17) is 11.6 Å². The van der Waals surface area contributed by atoms with Gasteiger partial charge in [-0.3, -0.25) is 4.79 Å². The standard InChI is InChI=1S/C21H24ClFN2O4S/c1-11(2)16-9-15(22)10-17(12(3)4)20(16)24-21(27)25-30(28,29)19-8-14(13(5)26)6-7-18(19)23/h6-12H,1-5H3,(H2,24,25,27). The van der Waals surface area contributed by atoms with Crippen molar-refractivity contribution in [2.75, 3.05) is 5.32 Å². The Balaban J connectivity index is 2.41. The van der Waals surface area contributed by atoms with Crippen LogP contribution >= 0.6 is 11.6 Å². The molecule has 0 aliphatic heterocycles. The van der Waals surface area contributed by atoms with Crippen molar-refractivity contribution >= 4 is 39.1 Å². The highest BCUT2D eigenvalue weighted by atomic mass is 35.5. The summed E-state index contributed by atoms with van der Waals surface area (Å²) in [5.74, 6) is -1.51. The molecule has 0 unspecified atom stereocenters. The molecule has 0 fully saturated rings. The summed E-state index contributed by atoms with van der Waals surface area (Å²) in [6, 6.07) is 5.31. The van der Waals surface area contributed by atoms with Crippen LogP contribution in [0.5, 0.6) is 0 Å². The van der Waals surface area contributed by atoms with Gasteiger partial charge in [0.2, 0.25) is 0 Å². The van der Waals surface area contributed by atoms with E-state index in [-0.39, 0.29) is 17.4 Å². The van der Waals surface area contributed by atoms with Gasteiger partial charge >= 0.3 is 6.03 Å². The second-order valence-electron chi connectivity index (χ2n) is 7.53. The molecule has 30 heavy (non-hydrogen) atoms. The van der Waals surface area contributed by atoms with Crippen molar-refractivity contribution in [2.24, 2.45) is 0 Å². The van der Waals surface area contributed by atoms with E-state index in [1.54, 1.807) is 12.1 Å². The quantitative estimate of drug-likeness (QED) is 0.568. The highest BCUT2D eigenvalue weighted by molar-refractivity contribution is 7.90. The van der Waals surface area contributed by atoms with Crippen molar-refractivity contribution in [1.29, 1.82) is 0 Å². The van der Waals surface area contributed by atoms with Crippen LogP contribution < -0.4 is 10.0 Å². The summed E-state index contributed by atoms with van der Waals surface area (Å²) < 4.78 is 41.1. The summed E-state index contributed by atoms with van der Waals surface area (Å²) >= 11 is 6.20. The van der Waals surface area contributed by atoms with Gasteiger partial charge in [0.25, 0.3) is 10.0 Å². The zero-order chi connectivity index (χ0) is 22.8. The molecule has 0 atom stereocenters. The summed E-state index contributed by atoms with van der Waals surface area (Å²) in [7, 11) is -4.56. The number of nitrogens with one attached hydrogen (secondary N) is 2. The smallest absolute Gasteiger partial charge is 0.307 e. The average molecular weight is 455 g/mol.